The van der Waals surface area contributed by atoms with Crippen molar-refractivity contribution in [1.29, 1.82) is 0 Å². The van der Waals surface area contributed by atoms with E-state index in [9.17, 15) is 9.59 Å². The number of carbonyl (C=O) groups excluding carboxylic acids is 2. The van der Waals surface area contributed by atoms with Gasteiger partial charge in [-0.3, -0.25) is 9.59 Å². The van der Waals surface area contributed by atoms with Gasteiger partial charge in [0.25, 0.3) is 0 Å². The van der Waals surface area contributed by atoms with Crippen LogP contribution in [0.4, 0.5) is 0 Å². The molecule has 0 spiro atoms. The molecule has 0 radical (unpaired) electrons. The summed E-state index contributed by atoms with van der Waals surface area (Å²) in [5.41, 5.74) is 2.98. The van der Waals surface area contributed by atoms with Crippen LogP contribution in [0.2, 0.25) is 0 Å². The van der Waals surface area contributed by atoms with Crippen LogP contribution < -0.4 is 15.5 Å². The van der Waals surface area contributed by atoms with Crippen molar-refractivity contribution in [3.05, 3.63) is 29.8 Å². The third kappa shape index (κ3) is 6.07. The standard InChI is InChI=1S/C15H21N3O3/c1-4-11(3)17-14(19)15(20)18-16-10-12-6-8-13(9-7-12)21-5-2/h6-11H,4-5H2,1-3H3,(H,17,19)(H,18,20)/b16-10-/t11-/m1/s1. The fraction of sp³-hybridized carbons (Fsp3) is 0.400. The monoisotopic (exact) mass is 291 g/mol. The van der Waals surface area contributed by atoms with Crippen molar-refractivity contribution in [1.82, 2.24) is 10.7 Å². The highest BCUT2D eigenvalue weighted by Crippen LogP contribution is 2.10. The second-order valence-corrected chi connectivity index (χ2v) is 4.48. The summed E-state index contributed by atoms with van der Waals surface area (Å²) >= 11 is 0. The third-order valence-corrected chi connectivity index (χ3v) is 2.77. The number of rotatable bonds is 6. The normalized spacial score (nSPS) is 12.0. The second kappa shape index (κ2) is 8.73. The van der Waals surface area contributed by atoms with Gasteiger partial charge in [-0.15, -0.1) is 0 Å². The van der Waals surface area contributed by atoms with Crippen LogP contribution in [-0.4, -0.2) is 30.7 Å². The average Bonchev–Trinajstić information content (AvgIpc) is 2.49. The minimum absolute atomic E-state index is 0.0432. The van der Waals surface area contributed by atoms with Crippen LogP contribution in [0.15, 0.2) is 29.4 Å². The van der Waals surface area contributed by atoms with Crippen LogP contribution in [0.5, 0.6) is 5.75 Å². The first-order chi connectivity index (χ1) is 10.1. The molecule has 2 amide bonds. The molecule has 1 aromatic rings. The van der Waals surface area contributed by atoms with Crippen molar-refractivity contribution < 1.29 is 14.3 Å². The predicted octanol–water partition coefficient (Wildman–Crippen LogP) is 1.45. The van der Waals surface area contributed by atoms with E-state index in [-0.39, 0.29) is 6.04 Å². The molecule has 0 aliphatic rings. The van der Waals surface area contributed by atoms with Gasteiger partial charge in [0.2, 0.25) is 0 Å². The fourth-order valence-electron chi connectivity index (χ4n) is 1.42. The molecule has 0 bridgehead atoms. The number of hydrogen-bond donors (Lipinski definition) is 2. The number of nitrogens with zero attached hydrogens (tertiary/aromatic N) is 1. The highest BCUT2D eigenvalue weighted by Gasteiger charge is 2.14. The molecule has 0 aliphatic heterocycles. The van der Waals surface area contributed by atoms with E-state index in [4.69, 9.17) is 4.74 Å². The van der Waals surface area contributed by atoms with Crippen molar-refractivity contribution in [2.24, 2.45) is 5.10 Å². The number of nitrogens with one attached hydrogen (secondary N) is 2. The first-order valence-corrected chi connectivity index (χ1v) is 6.93. The zero-order valence-corrected chi connectivity index (χ0v) is 12.6. The van der Waals surface area contributed by atoms with Crippen LogP contribution >= 0.6 is 0 Å². The Labute approximate surface area is 124 Å². The van der Waals surface area contributed by atoms with Crippen LogP contribution in [-0.2, 0) is 9.59 Å². The van der Waals surface area contributed by atoms with E-state index in [1.165, 1.54) is 6.21 Å². The quantitative estimate of drug-likeness (QED) is 0.473. The molecule has 0 aliphatic carbocycles. The minimum Gasteiger partial charge on any atom is -0.494 e. The largest absolute Gasteiger partial charge is 0.494 e. The number of hydrogen-bond acceptors (Lipinski definition) is 4. The van der Waals surface area contributed by atoms with Gasteiger partial charge in [-0.05, 0) is 50.1 Å². The van der Waals surface area contributed by atoms with Gasteiger partial charge in [-0.25, -0.2) is 5.43 Å². The average molecular weight is 291 g/mol. The molecule has 0 saturated carbocycles. The Hall–Kier alpha value is -2.37. The first-order valence-electron chi connectivity index (χ1n) is 6.93. The zero-order valence-electron chi connectivity index (χ0n) is 12.6. The van der Waals surface area contributed by atoms with E-state index in [0.717, 1.165) is 17.7 Å². The topological polar surface area (TPSA) is 79.8 Å². The molecular formula is C15H21N3O3. The molecule has 0 heterocycles. The van der Waals surface area contributed by atoms with E-state index in [0.29, 0.717) is 6.61 Å². The van der Waals surface area contributed by atoms with Gasteiger partial charge < -0.3 is 10.1 Å². The Kier molecular flexibility index (Phi) is 6.94. The van der Waals surface area contributed by atoms with Gasteiger partial charge in [-0.2, -0.15) is 5.10 Å². The maximum atomic E-state index is 11.5. The molecule has 114 valence electrons. The number of ether oxygens (including phenoxy) is 1. The highest BCUT2D eigenvalue weighted by molar-refractivity contribution is 6.35. The van der Waals surface area contributed by atoms with Gasteiger partial charge in [0, 0.05) is 6.04 Å². The molecule has 6 nitrogen and oxygen atoms in total. The number of benzene rings is 1. The lowest BCUT2D eigenvalue weighted by Gasteiger charge is -2.09. The van der Waals surface area contributed by atoms with E-state index in [2.05, 4.69) is 15.8 Å². The molecule has 21 heavy (non-hydrogen) atoms. The summed E-state index contributed by atoms with van der Waals surface area (Å²) in [5.74, 6) is -0.697. The maximum Gasteiger partial charge on any atom is 0.329 e. The molecular weight excluding hydrogens is 270 g/mol. The smallest absolute Gasteiger partial charge is 0.329 e. The molecule has 1 rings (SSSR count). The Balaban J connectivity index is 2.46. The number of hydrazone groups is 1. The zero-order chi connectivity index (χ0) is 15.7. The Morgan fingerprint density at radius 3 is 2.48 bits per heavy atom. The lowest BCUT2D eigenvalue weighted by atomic mass is 10.2. The van der Waals surface area contributed by atoms with E-state index in [1.54, 1.807) is 12.1 Å². The summed E-state index contributed by atoms with van der Waals surface area (Å²) in [6, 6.07) is 7.18. The summed E-state index contributed by atoms with van der Waals surface area (Å²) in [6.07, 6.45) is 2.22. The summed E-state index contributed by atoms with van der Waals surface area (Å²) < 4.78 is 5.32. The molecule has 2 N–H and O–H groups in total. The number of amides is 2. The van der Waals surface area contributed by atoms with Crippen LogP contribution in [0.3, 0.4) is 0 Å². The van der Waals surface area contributed by atoms with Crippen molar-refractivity contribution in [3.63, 3.8) is 0 Å². The van der Waals surface area contributed by atoms with Crippen LogP contribution in [0, 0.1) is 0 Å². The minimum atomic E-state index is -0.780. The van der Waals surface area contributed by atoms with Crippen LogP contribution in [0.1, 0.15) is 32.8 Å². The molecule has 0 fully saturated rings. The van der Waals surface area contributed by atoms with E-state index in [1.807, 2.05) is 32.9 Å². The maximum absolute atomic E-state index is 11.5. The van der Waals surface area contributed by atoms with Gasteiger partial charge in [-0.1, -0.05) is 6.92 Å². The molecule has 0 unspecified atom stereocenters. The number of carbonyl (C=O) groups is 2. The van der Waals surface area contributed by atoms with Gasteiger partial charge in [0.1, 0.15) is 5.75 Å². The van der Waals surface area contributed by atoms with E-state index >= 15 is 0 Å². The van der Waals surface area contributed by atoms with Gasteiger partial charge in [0.05, 0.1) is 12.8 Å². The van der Waals surface area contributed by atoms with Gasteiger partial charge in [0.15, 0.2) is 0 Å². The van der Waals surface area contributed by atoms with Crippen molar-refractivity contribution in [3.8, 4) is 5.75 Å². The Morgan fingerprint density at radius 2 is 1.90 bits per heavy atom. The van der Waals surface area contributed by atoms with Crippen LogP contribution in [0.25, 0.3) is 0 Å². The van der Waals surface area contributed by atoms with Gasteiger partial charge >= 0.3 is 11.8 Å². The molecule has 0 aromatic heterocycles. The van der Waals surface area contributed by atoms with Crippen molar-refractivity contribution in [2.45, 2.75) is 33.2 Å². The molecule has 1 atom stereocenters. The highest BCUT2D eigenvalue weighted by atomic mass is 16.5. The SMILES string of the molecule is CCOc1ccc(/C=N\NC(=O)C(=O)N[C@H](C)CC)cc1. The first kappa shape index (κ1) is 16.7. The summed E-state index contributed by atoms with van der Waals surface area (Å²) in [5, 5.41) is 6.30. The molecule has 0 saturated heterocycles. The summed E-state index contributed by atoms with van der Waals surface area (Å²) in [7, 11) is 0. The van der Waals surface area contributed by atoms with Crippen molar-refractivity contribution >= 4 is 18.0 Å². The summed E-state index contributed by atoms with van der Waals surface area (Å²) in [6.45, 7) is 6.27. The third-order valence-electron chi connectivity index (χ3n) is 2.77. The molecule has 1 aromatic carbocycles. The lowest BCUT2D eigenvalue weighted by molar-refractivity contribution is -0.139. The lowest BCUT2D eigenvalue weighted by Crippen LogP contribution is -2.41. The van der Waals surface area contributed by atoms with E-state index < -0.39 is 11.8 Å². The predicted molar refractivity (Wildman–Crippen MR) is 81.2 cm³/mol. The fourth-order valence-corrected chi connectivity index (χ4v) is 1.42. The molecule has 6 heteroatoms. The Morgan fingerprint density at radius 1 is 1.24 bits per heavy atom. The Bertz CT molecular complexity index is 497. The van der Waals surface area contributed by atoms with Crippen molar-refractivity contribution in [2.75, 3.05) is 6.61 Å². The summed E-state index contributed by atoms with van der Waals surface area (Å²) in [4.78, 5) is 22.9. The second-order valence-electron chi connectivity index (χ2n) is 4.48.